The highest BCUT2D eigenvalue weighted by atomic mass is 35.5. The summed E-state index contributed by atoms with van der Waals surface area (Å²) < 4.78 is 0. The Morgan fingerprint density at radius 1 is 1.35 bits per heavy atom. The lowest BCUT2D eigenvalue weighted by molar-refractivity contribution is 0.305. The molecule has 3 rings (SSSR count). The zero-order chi connectivity index (χ0) is 11.0. The third kappa shape index (κ3) is 2.12. The fraction of sp³-hybridized carbons (Fsp3) is 0.500. The Hall–Kier alpha value is -0.860. The van der Waals surface area contributed by atoms with E-state index in [2.05, 4.69) is 42.7 Å². The highest BCUT2D eigenvalue weighted by Crippen LogP contribution is 2.35. The van der Waals surface area contributed by atoms with Crippen molar-refractivity contribution in [3.05, 3.63) is 35.4 Å². The van der Waals surface area contributed by atoms with Gasteiger partial charge in [0.05, 0.1) is 6.04 Å². The van der Waals surface area contributed by atoms with Crippen LogP contribution in [0.25, 0.3) is 0 Å². The molecule has 3 atom stereocenters. The Balaban J connectivity index is 0.00000108. The van der Waals surface area contributed by atoms with E-state index in [-0.39, 0.29) is 12.4 Å². The van der Waals surface area contributed by atoms with E-state index in [0.717, 1.165) is 6.54 Å². The van der Waals surface area contributed by atoms with Crippen LogP contribution in [0.4, 0.5) is 0 Å². The number of nitrogens with zero attached hydrogens (tertiary/aromatic N) is 1. The smallest absolute Gasteiger partial charge is 0.0595 e. The summed E-state index contributed by atoms with van der Waals surface area (Å²) in [7, 11) is 0. The van der Waals surface area contributed by atoms with Crippen LogP contribution in [0.1, 0.15) is 36.8 Å². The van der Waals surface area contributed by atoms with Crippen molar-refractivity contribution in [2.24, 2.45) is 4.99 Å². The van der Waals surface area contributed by atoms with E-state index in [1.54, 1.807) is 0 Å². The fourth-order valence-electron chi connectivity index (χ4n) is 3.09. The van der Waals surface area contributed by atoms with Gasteiger partial charge in [-0.2, -0.15) is 0 Å². The van der Waals surface area contributed by atoms with Gasteiger partial charge in [-0.25, -0.2) is 0 Å². The van der Waals surface area contributed by atoms with Crippen LogP contribution in [0.5, 0.6) is 0 Å². The first-order valence-corrected chi connectivity index (χ1v) is 6.25. The number of hydrogen-bond acceptors (Lipinski definition) is 2. The standard InChI is InChI=1S/C14H18N2.ClH/c1-2-12-14-11-6-4-3-5-10(11)9-16-13(14)7-8-15-12;/h3-6,9,12-15H,2,7-8H2,1H3;1H. The first kappa shape index (κ1) is 12.6. The van der Waals surface area contributed by atoms with Gasteiger partial charge in [-0.1, -0.05) is 31.2 Å². The summed E-state index contributed by atoms with van der Waals surface area (Å²) in [6.45, 7) is 3.38. The lowest BCUT2D eigenvalue weighted by atomic mass is 9.77. The van der Waals surface area contributed by atoms with Crippen LogP contribution in [0, 0.1) is 0 Å². The maximum atomic E-state index is 4.73. The number of rotatable bonds is 1. The van der Waals surface area contributed by atoms with Crippen LogP contribution < -0.4 is 5.32 Å². The van der Waals surface area contributed by atoms with Gasteiger partial charge in [0.2, 0.25) is 0 Å². The molecule has 1 fully saturated rings. The quantitative estimate of drug-likeness (QED) is 0.815. The van der Waals surface area contributed by atoms with Crippen LogP contribution in [0.2, 0.25) is 0 Å². The minimum absolute atomic E-state index is 0. The van der Waals surface area contributed by atoms with Crippen LogP contribution in [-0.4, -0.2) is 24.8 Å². The van der Waals surface area contributed by atoms with Crippen LogP contribution >= 0.6 is 12.4 Å². The molecule has 0 spiro atoms. The predicted octanol–water partition coefficient (Wildman–Crippen LogP) is 2.77. The van der Waals surface area contributed by atoms with Gasteiger partial charge < -0.3 is 5.32 Å². The molecule has 2 heterocycles. The molecule has 3 unspecified atom stereocenters. The van der Waals surface area contributed by atoms with Crippen LogP contribution in [0.3, 0.4) is 0 Å². The zero-order valence-electron chi connectivity index (χ0n) is 10.1. The third-order valence-corrected chi connectivity index (χ3v) is 3.89. The SMILES string of the molecule is CCC1NCCC2N=Cc3ccccc3C21.Cl. The minimum atomic E-state index is 0. The summed E-state index contributed by atoms with van der Waals surface area (Å²) in [5.41, 5.74) is 2.80. The molecular weight excluding hydrogens is 232 g/mol. The molecule has 1 N–H and O–H groups in total. The molecule has 0 saturated carbocycles. The highest BCUT2D eigenvalue weighted by molar-refractivity contribution is 5.85. The second-order valence-corrected chi connectivity index (χ2v) is 4.76. The molecule has 0 bridgehead atoms. The van der Waals surface area contributed by atoms with E-state index >= 15 is 0 Å². The Labute approximate surface area is 109 Å². The molecule has 2 aliphatic rings. The molecule has 0 amide bonds. The van der Waals surface area contributed by atoms with Crippen LogP contribution in [-0.2, 0) is 0 Å². The van der Waals surface area contributed by atoms with Gasteiger partial charge in [-0.15, -0.1) is 12.4 Å². The van der Waals surface area contributed by atoms with Gasteiger partial charge in [0, 0.05) is 18.2 Å². The molecule has 2 aliphatic heterocycles. The van der Waals surface area contributed by atoms with Crippen molar-refractivity contribution >= 4 is 18.6 Å². The van der Waals surface area contributed by atoms with E-state index in [0.29, 0.717) is 18.0 Å². The average molecular weight is 251 g/mol. The molecule has 1 saturated heterocycles. The number of halogens is 1. The number of nitrogens with one attached hydrogen (secondary N) is 1. The molecule has 1 aromatic rings. The maximum Gasteiger partial charge on any atom is 0.0595 e. The van der Waals surface area contributed by atoms with Crippen LogP contribution in [0.15, 0.2) is 29.3 Å². The number of aliphatic imine (C=N–C) groups is 1. The third-order valence-electron chi connectivity index (χ3n) is 3.89. The first-order chi connectivity index (χ1) is 7.90. The van der Waals surface area contributed by atoms with E-state index < -0.39 is 0 Å². The first-order valence-electron chi connectivity index (χ1n) is 6.25. The van der Waals surface area contributed by atoms with Crippen molar-refractivity contribution in [2.75, 3.05) is 6.54 Å². The lowest BCUT2D eigenvalue weighted by Crippen LogP contribution is -2.47. The molecule has 0 aromatic heterocycles. The number of piperidine rings is 1. The predicted molar refractivity (Wildman–Crippen MR) is 74.5 cm³/mol. The maximum absolute atomic E-state index is 4.73. The molecule has 92 valence electrons. The summed E-state index contributed by atoms with van der Waals surface area (Å²) in [6, 6.07) is 9.79. The van der Waals surface area contributed by atoms with E-state index in [9.17, 15) is 0 Å². The lowest BCUT2D eigenvalue weighted by Gasteiger charge is -2.39. The molecule has 0 radical (unpaired) electrons. The second kappa shape index (κ2) is 5.19. The molecule has 0 aliphatic carbocycles. The molecule has 1 aromatic carbocycles. The summed E-state index contributed by atoms with van der Waals surface area (Å²) in [4.78, 5) is 4.73. The number of hydrogen-bond donors (Lipinski definition) is 1. The van der Waals surface area contributed by atoms with Crippen molar-refractivity contribution in [2.45, 2.75) is 37.8 Å². The topological polar surface area (TPSA) is 24.4 Å². The van der Waals surface area contributed by atoms with E-state index in [1.165, 1.54) is 24.0 Å². The summed E-state index contributed by atoms with van der Waals surface area (Å²) in [5, 5.41) is 3.63. The van der Waals surface area contributed by atoms with Gasteiger partial charge in [0.25, 0.3) is 0 Å². The Morgan fingerprint density at radius 3 is 3.00 bits per heavy atom. The fourth-order valence-corrected chi connectivity index (χ4v) is 3.09. The highest BCUT2D eigenvalue weighted by Gasteiger charge is 2.35. The number of fused-ring (bicyclic) bond motifs is 3. The molecule has 3 heteroatoms. The van der Waals surface area contributed by atoms with Crippen molar-refractivity contribution in [3.63, 3.8) is 0 Å². The summed E-state index contributed by atoms with van der Waals surface area (Å²) in [5.74, 6) is 0.583. The molecule has 2 nitrogen and oxygen atoms in total. The Morgan fingerprint density at radius 2 is 2.18 bits per heavy atom. The Kier molecular flexibility index (Phi) is 3.85. The molecule has 17 heavy (non-hydrogen) atoms. The van der Waals surface area contributed by atoms with Crippen molar-refractivity contribution in [3.8, 4) is 0 Å². The summed E-state index contributed by atoms with van der Waals surface area (Å²) >= 11 is 0. The van der Waals surface area contributed by atoms with E-state index in [1.807, 2.05) is 0 Å². The normalized spacial score (nSPS) is 30.1. The summed E-state index contributed by atoms with van der Waals surface area (Å²) in [6.07, 6.45) is 4.42. The van der Waals surface area contributed by atoms with Gasteiger partial charge in [0.15, 0.2) is 0 Å². The van der Waals surface area contributed by atoms with E-state index in [4.69, 9.17) is 4.99 Å². The Bertz CT molecular complexity index is 416. The molecular formula is C14H19ClN2. The monoisotopic (exact) mass is 250 g/mol. The number of benzene rings is 1. The van der Waals surface area contributed by atoms with Crippen molar-refractivity contribution in [1.29, 1.82) is 0 Å². The second-order valence-electron chi connectivity index (χ2n) is 4.76. The van der Waals surface area contributed by atoms with Crippen molar-refractivity contribution < 1.29 is 0 Å². The average Bonchev–Trinajstić information content (AvgIpc) is 2.37. The van der Waals surface area contributed by atoms with Gasteiger partial charge in [-0.3, -0.25) is 4.99 Å². The zero-order valence-corrected chi connectivity index (χ0v) is 10.9. The van der Waals surface area contributed by atoms with Crippen molar-refractivity contribution in [1.82, 2.24) is 5.32 Å². The van der Waals surface area contributed by atoms with Gasteiger partial charge in [-0.05, 0) is 30.5 Å². The largest absolute Gasteiger partial charge is 0.313 e. The van der Waals surface area contributed by atoms with Gasteiger partial charge >= 0.3 is 0 Å². The minimum Gasteiger partial charge on any atom is -0.313 e. The van der Waals surface area contributed by atoms with Gasteiger partial charge in [0.1, 0.15) is 0 Å².